The van der Waals surface area contributed by atoms with Gasteiger partial charge in [-0.25, -0.2) is 0 Å². The molecule has 5 heteroatoms. The van der Waals surface area contributed by atoms with Gasteiger partial charge in [-0.1, -0.05) is 32.9 Å². The Hall–Kier alpha value is -0.775. The third-order valence-corrected chi connectivity index (χ3v) is 4.03. The summed E-state index contributed by atoms with van der Waals surface area (Å²) in [7, 11) is 5.85. The van der Waals surface area contributed by atoms with Gasteiger partial charge in [-0.05, 0) is 53.5 Å². The van der Waals surface area contributed by atoms with E-state index in [2.05, 4.69) is 85.3 Å². The van der Waals surface area contributed by atoms with Gasteiger partial charge in [0, 0.05) is 20.1 Å². The summed E-state index contributed by atoms with van der Waals surface area (Å²) in [5.41, 5.74) is 0.328. The van der Waals surface area contributed by atoms with Gasteiger partial charge < -0.3 is 19.1 Å². The molecule has 0 aromatic rings. The molecular formula is C18H37BN2O2. The summed E-state index contributed by atoms with van der Waals surface area (Å²) in [6.45, 7) is 18.3. The number of likely N-dealkylation sites (N-methyl/N-ethyl adjacent to an activating group) is 2. The third-order valence-electron chi connectivity index (χ3n) is 4.03. The summed E-state index contributed by atoms with van der Waals surface area (Å²) in [5, 5.41) is 0. The van der Waals surface area contributed by atoms with Crippen molar-refractivity contribution in [3.63, 3.8) is 0 Å². The molecule has 0 unspecified atom stereocenters. The van der Waals surface area contributed by atoms with Crippen LogP contribution in [0, 0.1) is 0 Å². The summed E-state index contributed by atoms with van der Waals surface area (Å²) in [6, 6.07) is 0. The molecular weight excluding hydrogens is 287 g/mol. The zero-order chi connectivity index (χ0) is 18.3. The molecule has 0 amide bonds. The topological polar surface area (TPSA) is 24.9 Å². The summed E-state index contributed by atoms with van der Waals surface area (Å²) in [4.78, 5) is 4.30. The maximum absolute atomic E-state index is 6.04. The van der Waals surface area contributed by atoms with Gasteiger partial charge in [-0.3, -0.25) is 0 Å². The SMILES string of the molecule is C=C/C(=C\N(C)CCN(C)C)B1OC(C)(C)C(C)(C)O1.CCC. The van der Waals surface area contributed by atoms with Crippen LogP contribution in [0.15, 0.2) is 24.3 Å². The maximum Gasteiger partial charge on any atom is 0.496 e. The minimum atomic E-state index is -0.348. The van der Waals surface area contributed by atoms with Crippen molar-refractivity contribution in [3.8, 4) is 0 Å². The Labute approximate surface area is 144 Å². The molecule has 1 aliphatic rings. The Kier molecular flexibility index (Phi) is 9.18. The van der Waals surface area contributed by atoms with Crippen LogP contribution in [0.2, 0.25) is 0 Å². The lowest BCUT2D eigenvalue weighted by Gasteiger charge is -2.32. The van der Waals surface area contributed by atoms with Crippen LogP contribution >= 0.6 is 0 Å². The summed E-state index contributed by atoms with van der Waals surface area (Å²) < 4.78 is 12.1. The molecule has 1 saturated heterocycles. The van der Waals surface area contributed by atoms with E-state index in [-0.39, 0.29) is 18.3 Å². The molecule has 0 bridgehead atoms. The maximum atomic E-state index is 6.04. The van der Waals surface area contributed by atoms with E-state index >= 15 is 0 Å². The smallest absolute Gasteiger partial charge is 0.399 e. The fraction of sp³-hybridized carbons (Fsp3) is 0.778. The van der Waals surface area contributed by atoms with Crippen molar-refractivity contribution in [2.45, 2.75) is 59.2 Å². The number of hydrogen-bond donors (Lipinski definition) is 0. The van der Waals surface area contributed by atoms with Crippen LogP contribution in [0.4, 0.5) is 0 Å². The van der Waals surface area contributed by atoms with Crippen LogP contribution in [0.1, 0.15) is 48.0 Å². The fourth-order valence-electron chi connectivity index (χ4n) is 1.87. The Morgan fingerprint density at radius 3 is 1.78 bits per heavy atom. The van der Waals surface area contributed by atoms with Gasteiger partial charge in [0.2, 0.25) is 0 Å². The highest BCUT2D eigenvalue weighted by atomic mass is 16.7. The average molecular weight is 324 g/mol. The molecule has 1 rings (SSSR count). The first-order chi connectivity index (χ1) is 10.5. The van der Waals surface area contributed by atoms with Crippen LogP contribution < -0.4 is 0 Å². The second-order valence-electron chi connectivity index (χ2n) is 7.41. The van der Waals surface area contributed by atoms with Crippen LogP contribution in [0.3, 0.4) is 0 Å². The van der Waals surface area contributed by atoms with Gasteiger partial charge >= 0.3 is 7.12 Å². The largest absolute Gasteiger partial charge is 0.496 e. The first-order valence-corrected chi connectivity index (χ1v) is 8.55. The number of rotatable bonds is 6. The van der Waals surface area contributed by atoms with Crippen LogP contribution in [-0.4, -0.2) is 62.4 Å². The van der Waals surface area contributed by atoms with Gasteiger partial charge in [0.15, 0.2) is 0 Å². The number of allylic oxidation sites excluding steroid dienone is 2. The molecule has 0 N–H and O–H groups in total. The summed E-state index contributed by atoms with van der Waals surface area (Å²) in [5.74, 6) is 0. The van der Waals surface area contributed by atoms with E-state index in [1.807, 2.05) is 6.08 Å². The van der Waals surface area contributed by atoms with E-state index in [1.165, 1.54) is 6.42 Å². The van der Waals surface area contributed by atoms with Gasteiger partial charge in [0.1, 0.15) is 0 Å². The van der Waals surface area contributed by atoms with Crippen LogP contribution in [0.25, 0.3) is 0 Å². The van der Waals surface area contributed by atoms with E-state index in [1.54, 1.807) is 0 Å². The van der Waals surface area contributed by atoms with Crippen molar-refractivity contribution < 1.29 is 9.31 Å². The molecule has 1 heterocycles. The van der Waals surface area contributed by atoms with Crippen molar-refractivity contribution in [1.82, 2.24) is 9.80 Å². The summed E-state index contributed by atoms with van der Waals surface area (Å²) in [6.07, 6.45) is 5.12. The zero-order valence-electron chi connectivity index (χ0n) is 16.8. The first-order valence-electron chi connectivity index (χ1n) is 8.55. The standard InChI is InChI=1S/C15H29BN2O2.C3H8/c1-9-13(12-18(8)11-10-17(6)7)16-19-14(2,3)15(4,5)20-16;1-3-2/h9,12H,1,10-11H2,2-8H3;3H2,1-2H3/b13-12+;. The molecule has 4 nitrogen and oxygen atoms in total. The molecule has 0 saturated carbocycles. The highest BCUT2D eigenvalue weighted by Gasteiger charge is 2.52. The van der Waals surface area contributed by atoms with E-state index in [0.717, 1.165) is 18.6 Å². The average Bonchev–Trinajstić information content (AvgIpc) is 2.63. The Morgan fingerprint density at radius 2 is 1.43 bits per heavy atom. The molecule has 0 aromatic heterocycles. The Morgan fingerprint density at radius 1 is 1.00 bits per heavy atom. The van der Waals surface area contributed by atoms with Gasteiger partial charge in [0.25, 0.3) is 0 Å². The molecule has 1 fully saturated rings. The second-order valence-corrected chi connectivity index (χ2v) is 7.41. The van der Waals surface area contributed by atoms with Gasteiger partial charge in [0.05, 0.1) is 11.2 Å². The molecule has 0 aromatic carbocycles. The lowest BCUT2D eigenvalue weighted by atomic mass is 9.79. The molecule has 0 radical (unpaired) electrons. The molecule has 23 heavy (non-hydrogen) atoms. The lowest BCUT2D eigenvalue weighted by molar-refractivity contribution is 0.00578. The van der Waals surface area contributed by atoms with Crippen molar-refractivity contribution in [2.24, 2.45) is 0 Å². The second kappa shape index (κ2) is 9.50. The molecule has 0 aliphatic carbocycles. The van der Waals surface area contributed by atoms with E-state index in [0.29, 0.717) is 0 Å². The highest BCUT2D eigenvalue weighted by Crippen LogP contribution is 2.38. The normalized spacial score (nSPS) is 19.4. The van der Waals surface area contributed by atoms with E-state index < -0.39 is 0 Å². The Balaban J connectivity index is 0.00000149. The van der Waals surface area contributed by atoms with Crippen molar-refractivity contribution in [1.29, 1.82) is 0 Å². The predicted octanol–water partition coefficient (Wildman–Crippen LogP) is 3.60. The zero-order valence-corrected chi connectivity index (χ0v) is 16.8. The molecule has 0 spiro atoms. The van der Waals surface area contributed by atoms with Crippen molar-refractivity contribution >= 4 is 7.12 Å². The first kappa shape index (κ1) is 22.2. The van der Waals surface area contributed by atoms with Crippen molar-refractivity contribution in [2.75, 3.05) is 34.2 Å². The van der Waals surface area contributed by atoms with Crippen LogP contribution in [0.5, 0.6) is 0 Å². The molecule has 0 atom stereocenters. The molecule has 1 aliphatic heterocycles. The molecule has 134 valence electrons. The lowest BCUT2D eigenvalue weighted by Crippen LogP contribution is -2.41. The quantitative estimate of drug-likeness (QED) is 0.550. The highest BCUT2D eigenvalue weighted by molar-refractivity contribution is 6.55. The van der Waals surface area contributed by atoms with Crippen molar-refractivity contribution in [3.05, 3.63) is 24.3 Å². The number of hydrogen-bond acceptors (Lipinski definition) is 4. The monoisotopic (exact) mass is 324 g/mol. The van der Waals surface area contributed by atoms with E-state index in [4.69, 9.17) is 9.31 Å². The van der Waals surface area contributed by atoms with Crippen LogP contribution in [-0.2, 0) is 9.31 Å². The third kappa shape index (κ3) is 7.11. The summed E-state index contributed by atoms with van der Waals surface area (Å²) >= 11 is 0. The number of nitrogens with zero attached hydrogens (tertiary/aromatic N) is 2. The van der Waals surface area contributed by atoms with Gasteiger partial charge in [-0.2, -0.15) is 0 Å². The minimum Gasteiger partial charge on any atom is -0.399 e. The minimum absolute atomic E-state index is 0.317. The Bertz CT molecular complexity index is 376. The van der Waals surface area contributed by atoms with E-state index in [9.17, 15) is 0 Å². The van der Waals surface area contributed by atoms with Gasteiger partial charge in [-0.15, -0.1) is 0 Å². The fourth-order valence-corrected chi connectivity index (χ4v) is 1.87. The predicted molar refractivity (Wildman–Crippen MR) is 102 cm³/mol.